The lowest BCUT2D eigenvalue weighted by molar-refractivity contribution is -0.150. The Kier molecular flexibility index (Phi) is 3.89. The van der Waals surface area contributed by atoms with Gasteiger partial charge in [0, 0.05) is 13.0 Å². The van der Waals surface area contributed by atoms with E-state index in [1.54, 1.807) is 0 Å². The van der Waals surface area contributed by atoms with Gasteiger partial charge in [0.1, 0.15) is 5.54 Å². The van der Waals surface area contributed by atoms with Gasteiger partial charge in [0.15, 0.2) is 0 Å². The van der Waals surface area contributed by atoms with Crippen LogP contribution in [0.4, 0.5) is 0 Å². The summed E-state index contributed by atoms with van der Waals surface area (Å²) in [6, 6.07) is 0. The summed E-state index contributed by atoms with van der Waals surface area (Å²) in [5.74, 6) is -0.318. The van der Waals surface area contributed by atoms with Gasteiger partial charge >= 0.3 is 5.97 Å². The van der Waals surface area contributed by atoms with Crippen LogP contribution in [0.2, 0.25) is 0 Å². The first-order valence-electron chi connectivity index (χ1n) is 5.11. The van der Waals surface area contributed by atoms with Crippen LogP contribution in [0, 0.1) is 0 Å². The number of ether oxygens (including phenoxy) is 2. The van der Waals surface area contributed by atoms with Crippen LogP contribution in [0.5, 0.6) is 0 Å². The lowest BCUT2D eigenvalue weighted by Crippen LogP contribution is -2.53. The summed E-state index contributed by atoms with van der Waals surface area (Å²) in [5.41, 5.74) is 5.15. The lowest BCUT2D eigenvalue weighted by Gasteiger charge is -2.35. The summed E-state index contributed by atoms with van der Waals surface area (Å²) < 4.78 is 10.2. The van der Waals surface area contributed by atoms with Crippen molar-refractivity contribution in [3.8, 4) is 0 Å². The highest BCUT2D eigenvalue weighted by Gasteiger charge is 2.40. The molecule has 1 fully saturated rings. The van der Waals surface area contributed by atoms with E-state index in [0.717, 1.165) is 12.8 Å². The topological polar surface area (TPSA) is 61.5 Å². The molecule has 0 aromatic rings. The molecule has 1 aliphatic rings. The Morgan fingerprint density at radius 1 is 1.64 bits per heavy atom. The third kappa shape index (κ3) is 2.45. The van der Waals surface area contributed by atoms with E-state index in [1.807, 2.05) is 6.92 Å². The summed E-state index contributed by atoms with van der Waals surface area (Å²) in [4.78, 5) is 11.4. The summed E-state index contributed by atoms with van der Waals surface area (Å²) >= 11 is 0. The Morgan fingerprint density at radius 3 is 2.93 bits per heavy atom. The average molecular weight is 201 g/mol. The van der Waals surface area contributed by atoms with Gasteiger partial charge in [-0.25, -0.2) is 0 Å². The van der Waals surface area contributed by atoms with Gasteiger partial charge in [-0.05, 0) is 26.2 Å². The molecule has 0 aliphatic heterocycles. The number of methoxy groups -OCH3 is 1. The number of rotatable bonds is 3. The van der Waals surface area contributed by atoms with Crippen molar-refractivity contribution in [2.24, 2.45) is 5.73 Å². The van der Waals surface area contributed by atoms with Crippen LogP contribution in [0.15, 0.2) is 0 Å². The zero-order valence-corrected chi connectivity index (χ0v) is 8.91. The van der Waals surface area contributed by atoms with Gasteiger partial charge in [0.25, 0.3) is 0 Å². The molecule has 0 heterocycles. The minimum absolute atomic E-state index is 0.109. The molecule has 0 aromatic heterocycles. The smallest absolute Gasteiger partial charge is 0.325 e. The molecular weight excluding hydrogens is 182 g/mol. The molecule has 14 heavy (non-hydrogen) atoms. The van der Waals surface area contributed by atoms with E-state index in [0.29, 0.717) is 19.4 Å². The first-order valence-corrected chi connectivity index (χ1v) is 5.11. The van der Waals surface area contributed by atoms with E-state index in [1.165, 1.54) is 7.11 Å². The molecule has 1 rings (SSSR count). The summed E-state index contributed by atoms with van der Waals surface area (Å²) in [7, 11) is 1.38. The fourth-order valence-corrected chi connectivity index (χ4v) is 2.02. The Bertz CT molecular complexity index is 206. The van der Waals surface area contributed by atoms with E-state index in [4.69, 9.17) is 15.2 Å². The van der Waals surface area contributed by atoms with Gasteiger partial charge in [-0.1, -0.05) is 0 Å². The quantitative estimate of drug-likeness (QED) is 0.687. The normalized spacial score (nSPS) is 32.6. The van der Waals surface area contributed by atoms with Crippen LogP contribution in [0.3, 0.4) is 0 Å². The maximum atomic E-state index is 11.4. The summed E-state index contributed by atoms with van der Waals surface area (Å²) in [5, 5.41) is 0. The molecule has 0 amide bonds. The number of carbonyl (C=O) groups is 1. The van der Waals surface area contributed by atoms with Crippen molar-refractivity contribution < 1.29 is 14.3 Å². The van der Waals surface area contributed by atoms with Gasteiger partial charge in [-0.2, -0.15) is 0 Å². The molecule has 2 N–H and O–H groups in total. The van der Waals surface area contributed by atoms with E-state index >= 15 is 0 Å². The van der Waals surface area contributed by atoms with E-state index in [9.17, 15) is 4.79 Å². The minimum atomic E-state index is -0.827. The molecule has 0 radical (unpaired) electrons. The number of nitrogens with two attached hydrogens (primary N) is 1. The van der Waals surface area contributed by atoms with Crippen molar-refractivity contribution in [1.29, 1.82) is 0 Å². The Labute approximate surface area is 84.7 Å². The van der Waals surface area contributed by atoms with Crippen molar-refractivity contribution in [2.45, 2.75) is 44.2 Å². The molecule has 0 aromatic carbocycles. The molecule has 82 valence electrons. The third-order valence-corrected chi connectivity index (χ3v) is 2.74. The van der Waals surface area contributed by atoms with Crippen LogP contribution in [-0.4, -0.2) is 31.3 Å². The first-order chi connectivity index (χ1) is 6.62. The van der Waals surface area contributed by atoms with Gasteiger partial charge < -0.3 is 15.2 Å². The highest BCUT2D eigenvalue weighted by atomic mass is 16.5. The van der Waals surface area contributed by atoms with Crippen LogP contribution in [0.1, 0.15) is 32.6 Å². The SMILES string of the molecule is CCO[C@H]1CCC[C@@](N)(C(=O)OC)C1. The molecular formula is C10H19NO3. The fourth-order valence-electron chi connectivity index (χ4n) is 2.02. The van der Waals surface area contributed by atoms with Gasteiger partial charge in [0.05, 0.1) is 13.2 Å². The predicted molar refractivity (Wildman–Crippen MR) is 52.8 cm³/mol. The number of esters is 1. The largest absolute Gasteiger partial charge is 0.468 e. The number of hydrogen-bond acceptors (Lipinski definition) is 4. The van der Waals surface area contributed by atoms with Gasteiger partial charge in [0.2, 0.25) is 0 Å². The molecule has 0 unspecified atom stereocenters. The van der Waals surface area contributed by atoms with Crippen molar-refractivity contribution in [1.82, 2.24) is 0 Å². The number of hydrogen-bond donors (Lipinski definition) is 1. The molecule has 0 spiro atoms. The predicted octanol–water partition coefficient (Wildman–Crippen LogP) is 0.836. The molecule has 4 nitrogen and oxygen atoms in total. The van der Waals surface area contributed by atoms with Crippen molar-refractivity contribution >= 4 is 5.97 Å². The zero-order chi connectivity index (χ0) is 10.6. The third-order valence-electron chi connectivity index (χ3n) is 2.74. The summed E-state index contributed by atoms with van der Waals surface area (Å²) in [6.07, 6.45) is 3.30. The highest BCUT2D eigenvalue weighted by molar-refractivity contribution is 5.80. The van der Waals surface area contributed by atoms with Crippen molar-refractivity contribution in [3.05, 3.63) is 0 Å². The average Bonchev–Trinajstić information content (AvgIpc) is 2.17. The van der Waals surface area contributed by atoms with Gasteiger partial charge in [-0.3, -0.25) is 4.79 Å². The van der Waals surface area contributed by atoms with Crippen molar-refractivity contribution in [3.63, 3.8) is 0 Å². The van der Waals surface area contributed by atoms with Crippen LogP contribution in [0.25, 0.3) is 0 Å². The Balaban J connectivity index is 2.57. The fraction of sp³-hybridized carbons (Fsp3) is 0.900. The van der Waals surface area contributed by atoms with E-state index in [2.05, 4.69) is 0 Å². The second-order valence-electron chi connectivity index (χ2n) is 3.82. The first kappa shape index (κ1) is 11.5. The standard InChI is InChI=1S/C10H19NO3/c1-3-14-8-5-4-6-10(11,7-8)9(12)13-2/h8H,3-7,11H2,1-2H3/t8-,10-/m0/s1. The number of carbonyl (C=O) groups excluding carboxylic acids is 1. The maximum absolute atomic E-state index is 11.4. The Morgan fingerprint density at radius 2 is 2.36 bits per heavy atom. The van der Waals surface area contributed by atoms with E-state index < -0.39 is 5.54 Å². The lowest BCUT2D eigenvalue weighted by atomic mass is 9.81. The highest BCUT2D eigenvalue weighted by Crippen LogP contribution is 2.29. The van der Waals surface area contributed by atoms with Crippen LogP contribution < -0.4 is 5.73 Å². The van der Waals surface area contributed by atoms with Crippen LogP contribution in [-0.2, 0) is 14.3 Å². The molecule has 0 saturated heterocycles. The Hall–Kier alpha value is -0.610. The molecule has 0 bridgehead atoms. The summed E-state index contributed by atoms with van der Waals surface area (Å²) in [6.45, 7) is 2.62. The second kappa shape index (κ2) is 4.75. The maximum Gasteiger partial charge on any atom is 0.325 e. The van der Waals surface area contributed by atoms with Crippen LogP contribution >= 0.6 is 0 Å². The second-order valence-corrected chi connectivity index (χ2v) is 3.82. The minimum Gasteiger partial charge on any atom is -0.468 e. The molecule has 1 aliphatic carbocycles. The molecule has 4 heteroatoms. The monoisotopic (exact) mass is 201 g/mol. The zero-order valence-electron chi connectivity index (χ0n) is 8.91. The van der Waals surface area contributed by atoms with E-state index in [-0.39, 0.29) is 12.1 Å². The van der Waals surface area contributed by atoms with Gasteiger partial charge in [-0.15, -0.1) is 0 Å². The molecule has 1 saturated carbocycles. The molecule has 2 atom stereocenters. The van der Waals surface area contributed by atoms with Crippen molar-refractivity contribution in [2.75, 3.05) is 13.7 Å².